The number of benzene rings is 4. The Morgan fingerprint density at radius 3 is 1.30 bits per heavy atom. The predicted molar refractivity (Wildman–Crippen MR) is 206 cm³/mol. The molecule has 0 atom stereocenters. The van der Waals surface area contributed by atoms with E-state index < -0.39 is 0 Å². The van der Waals surface area contributed by atoms with Crippen LogP contribution in [0.2, 0.25) is 0 Å². The first-order valence-electron chi connectivity index (χ1n) is 18.1. The Morgan fingerprint density at radius 1 is 0.480 bits per heavy atom. The lowest BCUT2D eigenvalue weighted by molar-refractivity contribution is 0.0946. The third kappa shape index (κ3) is 8.25. The van der Waals surface area contributed by atoms with Gasteiger partial charge < -0.3 is 10.6 Å². The summed E-state index contributed by atoms with van der Waals surface area (Å²) in [5.74, 6) is -0.199. The van der Waals surface area contributed by atoms with Crippen LogP contribution < -0.4 is 10.6 Å². The Labute approximate surface area is 295 Å². The molecule has 0 unspecified atom stereocenters. The molecular formula is C44H46N4O2. The molecule has 0 radical (unpaired) electrons. The van der Waals surface area contributed by atoms with E-state index in [0.717, 1.165) is 107 Å². The number of amides is 2. The van der Waals surface area contributed by atoms with Gasteiger partial charge in [0.2, 0.25) is 0 Å². The van der Waals surface area contributed by atoms with E-state index in [1.54, 1.807) is 0 Å². The molecule has 0 saturated carbocycles. The normalized spacial score (nSPS) is 11.2. The number of pyridine rings is 2. The number of aromatic nitrogens is 2. The molecule has 2 N–H and O–H groups in total. The number of unbranched alkanes of at least 4 members (excludes halogenated alkanes) is 6. The van der Waals surface area contributed by atoms with E-state index in [0.29, 0.717) is 24.2 Å². The SMILES string of the molecule is CCCCCCNC(=O)c1cc(-c2ccccc2)nc2ccc(-c3ccc4nc(-c5ccccc5)cc(C(=O)NCCCCCC)c4c3)cc12. The molecule has 0 aliphatic carbocycles. The van der Waals surface area contributed by atoms with Crippen molar-refractivity contribution in [2.24, 2.45) is 0 Å². The minimum Gasteiger partial charge on any atom is -0.352 e. The van der Waals surface area contributed by atoms with Gasteiger partial charge in [0.25, 0.3) is 11.8 Å². The van der Waals surface area contributed by atoms with Gasteiger partial charge in [-0.3, -0.25) is 9.59 Å². The Hall–Kier alpha value is -5.36. The van der Waals surface area contributed by atoms with Crippen molar-refractivity contribution in [3.63, 3.8) is 0 Å². The van der Waals surface area contributed by atoms with Crippen LogP contribution >= 0.6 is 0 Å². The minimum atomic E-state index is -0.0997. The molecule has 0 aliphatic heterocycles. The predicted octanol–water partition coefficient (Wildman–Crippen LogP) is 10.4. The topological polar surface area (TPSA) is 84.0 Å². The van der Waals surface area contributed by atoms with Gasteiger partial charge in [0.1, 0.15) is 0 Å². The lowest BCUT2D eigenvalue weighted by Gasteiger charge is -2.14. The average molecular weight is 663 g/mol. The van der Waals surface area contributed by atoms with Gasteiger partial charge in [0, 0.05) is 35.0 Å². The first kappa shape index (κ1) is 34.5. The molecule has 6 aromatic rings. The van der Waals surface area contributed by atoms with Crippen LogP contribution in [0.5, 0.6) is 0 Å². The highest BCUT2D eigenvalue weighted by Crippen LogP contribution is 2.33. The highest BCUT2D eigenvalue weighted by molar-refractivity contribution is 6.10. The third-order valence-corrected chi connectivity index (χ3v) is 9.21. The summed E-state index contributed by atoms with van der Waals surface area (Å²) in [5.41, 5.74) is 8.03. The summed E-state index contributed by atoms with van der Waals surface area (Å²) in [6, 6.07) is 35.9. The van der Waals surface area contributed by atoms with Crippen molar-refractivity contribution in [1.82, 2.24) is 20.6 Å². The fourth-order valence-corrected chi connectivity index (χ4v) is 6.40. The summed E-state index contributed by atoms with van der Waals surface area (Å²) in [6.07, 6.45) is 8.70. The van der Waals surface area contributed by atoms with Crippen LogP contribution in [-0.2, 0) is 0 Å². The Bertz CT molecular complexity index is 1930. The zero-order valence-electron chi connectivity index (χ0n) is 29.2. The van der Waals surface area contributed by atoms with Crippen molar-refractivity contribution in [3.8, 4) is 33.6 Å². The van der Waals surface area contributed by atoms with Gasteiger partial charge in [-0.25, -0.2) is 9.97 Å². The molecule has 2 amide bonds. The van der Waals surface area contributed by atoms with E-state index in [1.807, 2.05) is 109 Å². The molecule has 2 heterocycles. The molecule has 50 heavy (non-hydrogen) atoms. The third-order valence-electron chi connectivity index (χ3n) is 9.21. The number of nitrogens with one attached hydrogen (secondary N) is 2. The van der Waals surface area contributed by atoms with Gasteiger partial charge in [0.05, 0.1) is 33.5 Å². The zero-order valence-corrected chi connectivity index (χ0v) is 29.2. The van der Waals surface area contributed by atoms with E-state index in [4.69, 9.17) is 9.97 Å². The van der Waals surface area contributed by atoms with Crippen molar-refractivity contribution in [1.29, 1.82) is 0 Å². The molecule has 0 aliphatic rings. The van der Waals surface area contributed by atoms with Crippen LogP contribution in [0.25, 0.3) is 55.4 Å². The van der Waals surface area contributed by atoms with E-state index >= 15 is 0 Å². The van der Waals surface area contributed by atoms with Crippen LogP contribution in [0.15, 0.2) is 109 Å². The number of carbonyl (C=O) groups is 2. The molecule has 6 rings (SSSR count). The summed E-state index contributed by atoms with van der Waals surface area (Å²) < 4.78 is 0. The number of hydrogen-bond acceptors (Lipinski definition) is 4. The lowest BCUT2D eigenvalue weighted by Crippen LogP contribution is -2.25. The second-order valence-electron chi connectivity index (χ2n) is 12.9. The summed E-state index contributed by atoms with van der Waals surface area (Å²) in [6.45, 7) is 5.64. The Kier molecular flexibility index (Phi) is 11.6. The van der Waals surface area contributed by atoms with Crippen LogP contribution in [-0.4, -0.2) is 34.9 Å². The van der Waals surface area contributed by atoms with Crippen LogP contribution in [0.3, 0.4) is 0 Å². The fraction of sp³-hybridized carbons (Fsp3) is 0.273. The molecule has 254 valence electrons. The Balaban J connectivity index is 1.40. The van der Waals surface area contributed by atoms with Crippen molar-refractivity contribution >= 4 is 33.6 Å². The smallest absolute Gasteiger partial charge is 0.252 e. The molecule has 0 fully saturated rings. The molecule has 0 spiro atoms. The zero-order chi connectivity index (χ0) is 34.7. The van der Waals surface area contributed by atoms with Crippen LogP contribution in [0.1, 0.15) is 85.9 Å². The minimum absolute atomic E-state index is 0.0997. The maximum atomic E-state index is 13.7. The first-order chi connectivity index (χ1) is 24.6. The van der Waals surface area contributed by atoms with E-state index in [1.165, 1.54) is 0 Å². The molecule has 6 nitrogen and oxygen atoms in total. The van der Waals surface area contributed by atoms with Gasteiger partial charge in [0.15, 0.2) is 0 Å². The number of rotatable bonds is 15. The first-order valence-corrected chi connectivity index (χ1v) is 18.1. The van der Waals surface area contributed by atoms with E-state index in [9.17, 15) is 9.59 Å². The van der Waals surface area contributed by atoms with E-state index in [-0.39, 0.29) is 11.8 Å². The van der Waals surface area contributed by atoms with Gasteiger partial charge in [-0.2, -0.15) is 0 Å². The number of carbonyl (C=O) groups excluding carboxylic acids is 2. The van der Waals surface area contributed by atoms with Crippen molar-refractivity contribution in [3.05, 3.63) is 120 Å². The average Bonchev–Trinajstić information content (AvgIpc) is 3.17. The standard InChI is InChI=1S/C44H46N4O2/c1-3-5-7-15-25-45-43(49)37-29-41(31-17-11-9-12-18-31)47-39-23-21-33(27-35(37)39)34-22-24-40-36(28-34)38(44(50)46-26-16-8-6-4-2)30-42(48-40)32-19-13-10-14-20-32/h9-14,17-24,27-30H,3-8,15-16,25-26H2,1-2H3,(H,45,49)(H,46,50). The maximum Gasteiger partial charge on any atom is 0.252 e. The summed E-state index contributed by atoms with van der Waals surface area (Å²) >= 11 is 0. The highest BCUT2D eigenvalue weighted by atomic mass is 16.2. The van der Waals surface area contributed by atoms with Crippen molar-refractivity contribution < 1.29 is 9.59 Å². The quantitative estimate of drug-likeness (QED) is 0.107. The number of hydrogen-bond donors (Lipinski definition) is 2. The fourth-order valence-electron chi connectivity index (χ4n) is 6.40. The summed E-state index contributed by atoms with van der Waals surface area (Å²) in [5, 5.41) is 7.89. The molecule has 4 aromatic carbocycles. The van der Waals surface area contributed by atoms with Crippen LogP contribution in [0, 0.1) is 0 Å². The summed E-state index contributed by atoms with van der Waals surface area (Å²) in [4.78, 5) is 37.4. The lowest BCUT2D eigenvalue weighted by atomic mass is 9.96. The van der Waals surface area contributed by atoms with Gasteiger partial charge in [-0.15, -0.1) is 0 Å². The van der Waals surface area contributed by atoms with Crippen LogP contribution in [0.4, 0.5) is 0 Å². The van der Waals surface area contributed by atoms with Gasteiger partial charge in [-0.05, 0) is 60.4 Å². The molecule has 6 heteroatoms. The number of fused-ring (bicyclic) bond motifs is 2. The van der Waals surface area contributed by atoms with E-state index in [2.05, 4.69) is 24.5 Å². The maximum absolute atomic E-state index is 13.7. The van der Waals surface area contributed by atoms with Crippen molar-refractivity contribution in [2.75, 3.05) is 13.1 Å². The molecule has 0 bridgehead atoms. The largest absolute Gasteiger partial charge is 0.352 e. The Morgan fingerprint density at radius 2 is 0.900 bits per heavy atom. The summed E-state index contributed by atoms with van der Waals surface area (Å²) in [7, 11) is 0. The van der Waals surface area contributed by atoms with Gasteiger partial charge in [-0.1, -0.05) is 125 Å². The number of nitrogens with zero attached hydrogens (tertiary/aromatic N) is 2. The monoisotopic (exact) mass is 662 g/mol. The van der Waals surface area contributed by atoms with Crippen molar-refractivity contribution in [2.45, 2.75) is 65.2 Å². The molecule has 0 saturated heterocycles. The molecule has 2 aromatic heterocycles. The second kappa shape index (κ2) is 16.8. The molecular weight excluding hydrogens is 617 g/mol. The highest BCUT2D eigenvalue weighted by Gasteiger charge is 2.18. The van der Waals surface area contributed by atoms with Gasteiger partial charge >= 0.3 is 0 Å². The second-order valence-corrected chi connectivity index (χ2v) is 12.9.